The SMILES string of the molecule is CCCSc1nnc(CNC(=O)C23CC4CC(CC(C4)C2)C3)n1-c1ccc(Br)cc1. The summed E-state index contributed by atoms with van der Waals surface area (Å²) in [5.74, 6) is 4.35. The normalized spacial score (nSPS) is 29.3. The molecule has 6 rings (SSSR count). The second-order valence-electron chi connectivity index (χ2n) is 9.44. The summed E-state index contributed by atoms with van der Waals surface area (Å²) in [6, 6.07) is 8.19. The van der Waals surface area contributed by atoms with E-state index in [0.29, 0.717) is 6.54 Å². The van der Waals surface area contributed by atoms with Crippen molar-refractivity contribution >= 4 is 33.6 Å². The third-order valence-corrected chi connectivity index (χ3v) is 8.81. The van der Waals surface area contributed by atoms with Crippen LogP contribution in [0, 0.1) is 23.2 Å². The van der Waals surface area contributed by atoms with E-state index in [1.165, 1.54) is 19.3 Å². The van der Waals surface area contributed by atoms with Crippen LogP contribution in [-0.2, 0) is 11.3 Å². The molecule has 0 radical (unpaired) electrons. The molecule has 4 bridgehead atoms. The summed E-state index contributed by atoms with van der Waals surface area (Å²) in [5, 5.41) is 13.0. The van der Waals surface area contributed by atoms with Crippen LogP contribution < -0.4 is 5.32 Å². The first-order chi connectivity index (χ1) is 14.6. The molecule has 2 aromatic rings. The van der Waals surface area contributed by atoms with E-state index in [4.69, 9.17) is 0 Å². The lowest BCUT2D eigenvalue weighted by atomic mass is 9.49. The van der Waals surface area contributed by atoms with E-state index < -0.39 is 0 Å². The largest absolute Gasteiger partial charge is 0.348 e. The maximum atomic E-state index is 13.4. The number of aromatic nitrogens is 3. The third-order valence-electron chi connectivity index (χ3n) is 7.15. The van der Waals surface area contributed by atoms with Gasteiger partial charge in [-0.25, -0.2) is 0 Å². The Hall–Kier alpha value is -1.34. The number of halogens is 1. The van der Waals surface area contributed by atoms with Gasteiger partial charge >= 0.3 is 0 Å². The van der Waals surface area contributed by atoms with Gasteiger partial charge < -0.3 is 5.32 Å². The Balaban J connectivity index is 1.35. The van der Waals surface area contributed by atoms with Crippen molar-refractivity contribution in [1.29, 1.82) is 0 Å². The van der Waals surface area contributed by atoms with Crippen LogP contribution in [0.1, 0.15) is 57.7 Å². The Morgan fingerprint density at radius 2 is 1.77 bits per heavy atom. The van der Waals surface area contributed by atoms with Crippen molar-refractivity contribution in [3.8, 4) is 5.69 Å². The molecule has 4 aliphatic carbocycles. The minimum absolute atomic E-state index is 0.128. The molecule has 4 saturated carbocycles. The number of carbonyl (C=O) groups is 1. The van der Waals surface area contributed by atoms with E-state index in [9.17, 15) is 4.79 Å². The molecule has 1 N–H and O–H groups in total. The number of amides is 1. The Morgan fingerprint density at radius 3 is 2.37 bits per heavy atom. The first-order valence-corrected chi connectivity index (χ1v) is 13.0. The summed E-state index contributed by atoms with van der Waals surface area (Å²) >= 11 is 5.22. The molecule has 1 aromatic carbocycles. The molecule has 30 heavy (non-hydrogen) atoms. The summed E-state index contributed by atoms with van der Waals surface area (Å²) in [7, 11) is 0. The van der Waals surface area contributed by atoms with Gasteiger partial charge in [-0.1, -0.05) is 34.6 Å². The van der Waals surface area contributed by atoms with Gasteiger partial charge in [-0.3, -0.25) is 9.36 Å². The van der Waals surface area contributed by atoms with E-state index in [1.54, 1.807) is 11.8 Å². The average molecular weight is 489 g/mol. The lowest BCUT2D eigenvalue weighted by Gasteiger charge is -2.55. The van der Waals surface area contributed by atoms with E-state index in [1.807, 2.05) is 12.1 Å². The highest BCUT2D eigenvalue weighted by molar-refractivity contribution is 9.10. The van der Waals surface area contributed by atoms with Crippen molar-refractivity contribution in [1.82, 2.24) is 20.1 Å². The van der Waals surface area contributed by atoms with E-state index in [2.05, 4.69) is 55.1 Å². The van der Waals surface area contributed by atoms with Crippen molar-refractivity contribution in [2.45, 2.75) is 63.6 Å². The molecule has 1 heterocycles. The summed E-state index contributed by atoms with van der Waals surface area (Å²) in [6.07, 6.45) is 8.38. The minimum atomic E-state index is -0.128. The van der Waals surface area contributed by atoms with E-state index in [0.717, 1.165) is 70.3 Å². The lowest BCUT2D eigenvalue weighted by Crippen LogP contribution is -2.53. The van der Waals surface area contributed by atoms with E-state index >= 15 is 0 Å². The highest BCUT2D eigenvalue weighted by atomic mass is 79.9. The van der Waals surface area contributed by atoms with Gasteiger partial charge in [-0.15, -0.1) is 10.2 Å². The molecule has 0 saturated heterocycles. The molecule has 0 atom stereocenters. The van der Waals surface area contributed by atoms with Gasteiger partial charge in [0.1, 0.15) is 0 Å². The van der Waals surface area contributed by atoms with Gasteiger partial charge in [0.2, 0.25) is 5.91 Å². The maximum absolute atomic E-state index is 13.4. The molecule has 7 heteroatoms. The first kappa shape index (κ1) is 20.6. The van der Waals surface area contributed by atoms with Crippen molar-refractivity contribution in [2.24, 2.45) is 23.2 Å². The number of nitrogens with one attached hydrogen (secondary N) is 1. The smallest absolute Gasteiger partial charge is 0.226 e. The van der Waals surface area contributed by atoms with Crippen molar-refractivity contribution in [3.05, 3.63) is 34.6 Å². The predicted octanol–water partition coefficient (Wildman–Crippen LogP) is 5.36. The molecule has 0 aliphatic heterocycles. The predicted molar refractivity (Wildman–Crippen MR) is 123 cm³/mol. The molecule has 0 unspecified atom stereocenters. The molecule has 4 aliphatic rings. The Labute approximate surface area is 190 Å². The zero-order valence-corrected chi connectivity index (χ0v) is 19.8. The van der Waals surface area contributed by atoms with Gasteiger partial charge in [0, 0.05) is 21.3 Å². The Kier molecular flexibility index (Phi) is 5.69. The average Bonchev–Trinajstić information content (AvgIpc) is 3.12. The minimum Gasteiger partial charge on any atom is -0.348 e. The summed E-state index contributed by atoms with van der Waals surface area (Å²) in [4.78, 5) is 13.4. The number of rotatable bonds is 7. The van der Waals surface area contributed by atoms with Crippen LogP contribution in [0.25, 0.3) is 5.69 Å². The summed E-state index contributed by atoms with van der Waals surface area (Å²) < 4.78 is 3.13. The fourth-order valence-electron chi connectivity index (χ4n) is 6.29. The zero-order chi connectivity index (χ0) is 20.7. The Morgan fingerprint density at radius 1 is 1.13 bits per heavy atom. The van der Waals surface area contributed by atoms with Gasteiger partial charge in [-0.2, -0.15) is 0 Å². The van der Waals surface area contributed by atoms with Crippen molar-refractivity contribution in [3.63, 3.8) is 0 Å². The first-order valence-electron chi connectivity index (χ1n) is 11.2. The fraction of sp³-hybridized carbons (Fsp3) is 0.609. The monoisotopic (exact) mass is 488 g/mol. The van der Waals surface area contributed by atoms with Crippen molar-refractivity contribution < 1.29 is 4.79 Å². The van der Waals surface area contributed by atoms with Crippen LogP contribution in [0.2, 0.25) is 0 Å². The maximum Gasteiger partial charge on any atom is 0.226 e. The number of carbonyl (C=O) groups excluding carboxylic acids is 1. The van der Waals surface area contributed by atoms with Gasteiger partial charge in [0.25, 0.3) is 0 Å². The number of thioether (sulfide) groups is 1. The van der Waals surface area contributed by atoms with Crippen molar-refractivity contribution in [2.75, 3.05) is 5.75 Å². The van der Waals surface area contributed by atoms with E-state index in [-0.39, 0.29) is 11.3 Å². The molecular formula is C23H29BrN4OS. The summed E-state index contributed by atoms with van der Waals surface area (Å²) in [6.45, 7) is 2.59. The quantitative estimate of drug-likeness (QED) is 0.532. The lowest BCUT2D eigenvalue weighted by molar-refractivity contribution is -0.146. The van der Waals surface area contributed by atoms with Gasteiger partial charge in [0.15, 0.2) is 11.0 Å². The number of hydrogen-bond donors (Lipinski definition) is 1. The molecule has 5 nitrogen and oxygen atoms in total. The number of benzene rings is 1. The Bertz CT molecular complexity index is 891. The molecule has 1 amide bonds. The standard InChI is InChI=1S/C23H29BrN4OS/c1-2-7-30-22-27-26-20(28(22)19-5-3-18(24)4-6-19)14-25-21(29)23-11-15-8-16(12-23)10-17(9-15)13-23/h3-6,15-17H,2,7-14H2,1H3,(H,25,29). The van der Waals surface area contributed by atoms with Crippen LogP contribution in [0.5, 0.6) is 0 Å². The second kappa shape index (κ2) is 8.30. The highest BCUT2D eigenvalue weighted by Crippen LogP contribution is 2.60. The van der Waals surface area contributed by atoms with Crippen LogP contribution in [0.3, 0.4) is 0 Å². The molecule has 160 valence electrons. The van der Waals surface area contributed by atoms with Gasteiger partial charge in [-0.05, 0) is 87.0 Å². The van der Waals surface area contributed by atoms with Crippen LogP contribution in [-0.4, -0.2) is 26.4 Å². The van der Waals surface area contributed by atoms with Crippen LogP contribution in [0.4, 0.5) is 0 Å². The third kappa shape index (κ3) is 3.83. The van der Waals surface area contributed by atoms with Crippen LogP contribution >= 0.6 is 27.7 Å². The molecular weight excluding hydrogens is 460 g/mol. The second-order valence-corrected chi connectivity index (χ2v) is 11.4. The number of nitrogens with zero attached hydrogens (tertiary/aromatic N) is 3. The topological polar surface area (TPSA) is 59.8 Å². The zero-order valence-electron chi connectivity index (χ0n) is 17.4. The summed E-state index contributed by atoms with van der Waals surface area (Å²) in [5.41, 5.74) is 0.901. The molecule has 0 spiro atoms. The highest BCUT2D eigenvalue weighted by Gasteiger charge is 2.54. The van der Waals surface area contributed by atoms with Crippen LogP contribution in [0.15, 0.2) is 33.9 Å². The fourth-order valence-corrected chi connectivity index (χ4v) is 7.38. The molecule has 1 aromatic heterocycles. The number of hydrogen-bond acceptors (Lipinski definition) is 4. The molecule has 4 fully saturated rings. The van der Waals surface area contributed by atoms with Gasteiger partial charge in [0.05, 0.1) is 6.54 Å².